The van der Waals surface area contributed by atoms with Crippen LogP contribution in [0.25, 0.3) is 11.4 Å². The number of amides is 1. The standard InChI is InChI=1S/C19H18FN5O3/c1-28-19(27)16(10-13-6-3-2-4-7-13)21-17(26)12-25-23-18(22-24-25)14-8-5-9-15(20)11-14/h2-9,11,16H,10,12H2,1H3,(H,21,26)/t16-/m0/s1. The summed E-state index contributed by atoms with van der Waals surface area (Å²) in [6.07, 6.45) is 0.290. The summed E-state index contributed by atoms with van der Waals surface area (Å²) in [4.78, 5) is 25.4. The molecule has 0 unspecified atom stereocenters. The van der Waals surface area contributed by atoms with Gasteiger partial charge in [-0.05, 0) is 22.9 Å². The highest BCUT2D eigenvalue weighted by molar-refractivity contribution is 5.84. The molecule has 0 spiro atoms. The predicted molar refractivity (Wildman–Crippen MR) is 97.3 cm³/mol. The van der Waals surface area contributed by atoms with Crippen molar-refractivity contribution >= 4 is 11.9 Å². The predicted octanol–water partition coefficient (Wildman–Crippen LogP) is 1.38. The van der Waals surface area contributed by atoms with Gasteiger partial charge in [-0.3, -0.25) is 4.79 Å². The van der Waals surface area contributed by atoms with Gasteiger partial charge in [0.1, 0.15) is 18.4 Å². The van der Waals surface area contributed by atoms with Crippen molar-refractivity contribution in [1.29, 1.82) is 0 Å². The van der Waals surface area contributed by atoms with E-state index in [4.69, 9.17) is 4.74 Å². The van der Waals surface area contributed by atoms with E-state index in [9.17, 15) is 14.0 Å². The molecule has 28 heavy (non-hydrogen) atoms. The molecule has 0 aliphatic heterocycles. The summed E-state index contributed by atoms with van der Waals surface area (Å²) < 4.78 is 18.1. The van der Waals surface area contributed by atoms with Gasteiger partial charge >= 0.3 is 5.97 Å². The highest BCUT2D eigenvalue weighted by Gasteiger charge is 2.22. The average molecular weight is 383 g/mol. The average Bonchev–Trinajstić information content (AvgIpc) is 3.16. The first-order valence-corrected chi connectivity index (χ1v) is 8.50. The molecule has 1 heterocycles. The number of tetrazole rings is 1. The molecule has 1 amide bonds. The van der Waals surface area contributed by atoms with Gasteiger partial charge in [0.05, 0.1) is 7.11 Å². The summed E-state index contributed by atoms with van der Waals surface area (Å²) in [6, 6.07) is 14.2. The smallest absolute Gasteiger partial charge is 0.328 e. The number of hydrogen-bond acceptors (Lipinski definition) is 6. The van der Waals surface area contributed by atoms with Crippen LogP contribution in [0.4, 0.5) is 4.39 Å². The van der Waals surface area contributed by atoms with E-state index in [1.807, 2.05) is 30.3 Å². The van der Waals surface area contributed by atoms with Crippen LogP contribution in [0.15, 0.2) is 54.6 Å². The normalized spacial score (nSPS) is 11.6. The Bertz CT molecular complexity index is 961. The minimum absolute atomic E-state index is 0.195. The molecule has 8 nitrogen and oxygen atoms in total. The lowest BCUT2D eigenvalue weighted by Gasteiger charge is -2.16. The topological polar surface area (TPSA) is 99.0 Å². The number of hydrogen-bond donors (Lipinski definition) is 1. The molecular formula is C19H18FN5O3. The van der Waals surface area contributed by atoms with Gasteiger partial charge < -0.3 is 10.1 Å². The van der Waals surface area contributed by atoms with Crippen LogP contribution in [-0.2, 0) is 27.3 Å². The van der Waals surface area contributed by atoms with Crippen molar-refractivity contribution in [2.24, 2.45) is 0 Å². The number of nitrogens with one attached hydrogen (secondary N) is 1. The molecular weight excluding hydrogens is 365 g/mol. The Balaban J connectivity index is 1.65. The summed E-state index contributed by atoms with van der Waals surface area (Å²) in [5, 5.41) is 14.3. The van der Waals surface area contributed by atoms with Crippen LogP contribution in [-0.4, -0.2) is 45.2 Å². The van der Waals surface area contributed by atoms with Crippen LogP contribution < -0.4 is 5.32 Å². The number of methoxy groups -OCH3 is 1. The molecule has 3 rings (SSSR count). The van der Waals surface area contributed by atoms with Gasteiger partial charge in [-0.2, -0.15) is 4.80 Å². The van der Waals surface area contributed by atoms with Crippen molar-refractivity contribution in [3.8, 4) is 11.4 Å². The molecule has 0 saturated heterocycles. The number of benzene rings is 2. The molecule has 0 saturated carbocycles. The maximum atomic E-state index is 13.3. The zero-order chi connectivity index (χ0) is 19.9. The van der Waals surface area contributed by atoms with Crippen LogP contribution in [0, 0.1) is 5.82 Å². The molecule has 144 valence electrons. The molecule has 1 atom stereocenters. The highest BCUT2D eigenvalue weighted by atomic mass is 19.1. The van der Waals surface area contributed by atoms with Crippen molar-refractivity contribution in [3.63, 3.8) is 0 Å². The van der Waals surface area contributed by atoms with E-state index < -0.39 is 23.7 Å². The number of esters is 1. The van der Waals surface area contributed by atoms with E-state index in [0.29, 0.717) is 12.0 Å². The van der Waals surface area contributed by atoms with Gasteiger partial charge in [-0.15, -0.1) is 10.2 Å². The summed E-state index contributed by atoms with van der Waals surface area (Å²) in [5.41, 5.74) is 1.33. The number of aromatic nitrogens is 4. The SMILES string of the molecule is COC(=O)[C@H](Cc1ccccc1)NC(=O)Cn1nnc(-c2cccc(F)c2)n1. The molecule has 0 radical (unpaired) electrons. The van der Waals surface area contributed by atoms with Crippen molar-refractivity contribution < 1.29 is 18.7 Å². The number of carbonyl (C=O) groups excluding carboxylic acids is 2. The molecule has 0 aliphatic carbocycles. The first-order chi connectivity index (χ1) is 13.5. The number of carbonyl (C=O) groups is 2. The van der Waals surface area contributed by atoms with Gasteiger partial charge in [0, 0.05) is 12.0 Å². The van der Waals surface area contributed by atoms with Crippen LogP contribution >= 0.6 is 0 Å². The second-order valence-electron chi connectivity index (χ2n) is 5.99. The Hall–Kier alpha value is -3.62. The maximum absolute atomic E-state index is 13.3. The summed E-state index contributed by atoms with van der Waals surface area (Å²) in [7, 11) is 1.26. The summed E-state index contributed by atoms with van der Waals surface area (Å²) in [6.45, 7) is -0.245. The largest absolute Gasteiger partial charge is 0.467 e. The van der Waals surface area contributed by atoms with Crippen LogP contribution in [0.3, 0.4) is 0 Å². The van der Waals surface area contributed by atoms with E-state index in [2.05, 4.69) is 20.7 Å². The Morgan fingerprint density at radius 1 is 1.18 bits per heavy atom. The molecule has 0 fully saturated rings. The third kappa shape index (κ3) is 4.97. The molecule has 3 aromatic rings. The van der Waals surface area contributed by atoms with Crippen LogP contribution in [0.2, 0.25) is 0 Å². The monoisotopic (exact) mass is 383 g/mol. The fourth-order valence-corrected chi connectivity index (χ4v) is 2.61. The minimum atomic E-state index is -0.842. The van der Waals surface area contributed by atoms with Crippen molar-refractivity contribution in [2.45, 2.75) is 19.0 Å². The fraction of sp³-hybridized carbons (Fsp3) is 0.211. The van der Waals surface area contributed by atoms with Crippen molar-refractivity contribution in [1.82, 2.24) is 25.5 Å². The maximum Gasteiger partial charge on any atom is 0.328 e. The Labute approximate surface area is 160 Å². The quantitative estimate of drug-likeness (QED) is 0.619. The number of halogens is 1. The minimum Gasteiger partial charge on any atom is -0.467 e. The Kier molecular flexibility index (Phi) is 6.05. The van der Waals surface area contributed by atoms with E-state index in [1.54, 1.807) is 6.07 Å². The lowest BCUT2D eigenvalue weighted by atomic mass is 10.1. The fourth-order valence-electron chi connectivity index (χ4n) is 2.61. The van der Waals surface area contributed by atoms with Crippen LogP contribution in [0.1, 0.15) is 5.56 Å². The lowest BCUT2D eigenvalue weighted by molar-refractivity contribution is -0.145. The molecule has 1 aromatic heterocycles. The molecule has 0 aliphatic rings. The summed E-state index contributed by atoms with van der Waals surface area (Å²) >= 11 is 0. The van der Waals surface area contributed by atoms with E-state index in [-0.39, 0.29) is 12.4 Å². The second kappa shape index (κ2) is 8.85. The van der Waals surface area contributed by atoms with Gasteiger partial charge in [0.25, 0.3) is 0 Å². The molecule has 1 N–H and O–H groups in total. The van der Waals surface area contributed by atoms with Crippen molar-refractivity contribution in [3.05, 3.63) is 66.0 Å². The van der Waals surface area contributed by atoms with Gasteiger partial charge in [0.15, 0.2) is 0 Å². The Morgan fingerprint density at radius 3 is 2.68 bits per heavy atom. The number of nitrogens with zero attached hydrogens (tertiary/aromatic N) is 4. The third-order valence-electron chi connectivity index (χ3n) is 3.92. The highest BCUT2D eigenvalue weighted by Crippen LogP contribution is 2.14. The van der Waals surface area contributed by atoms with E-state index in [1.165, 1.54) is 25.3 Å². The zero-order valence-electron chi connectivity index (χ0n) is 15.1. The first-order valence-electron chi connectivity index (χ1n) is 8.50. The van der Waals surface area contributed by atoms with Gasteiger partial charge in [-0.1, -0.05) is 42.5 Å². The van der Waals surface area contributed by atoms with Crippen molar-refractivity contribution in [2.75, 3.05) is 7.11 Å². The Morgan fingerprint density at radius 2 is 1.96 bits per heavy atom. The van der Waals surface area contributed by atoms with E-state index in [0.717, 1.165) is 10.4 Å². The lowest BCUT2D eigenvalue weighted by Crippen LogP contribution is -2.44. The van der Waals surface area contributed by atoms with Gasteiger partial charge in [0.2, 0.25) is 11.7 Å². The van der Waals surface area contributed by atoms with Gasteiger partial charge in [-0.25, -0.2) is 9.18 Å². The number of rotatable bonds is 7. The first kappa shape index (κ1) is 19.2. The third-order valence-corrected chi connectivity index (χ3v) is 3.92. The van der Waals surface area contributed by atoms with Crippen LogP contribution in [0.5, 0.6) is 0 Å². The summed E-state index contributed by atoms with van der Waals surface area (Å²) in [5.74, 6) is -1.26. The zero-order valence-corrected chi connectivity index (χ0v) is 15.1. The second-order valence-corrected chi connectivity index (χ2v) is 5.99. The molecule has 9 heteroatoms. The molecule has 0 bridgehead atoms. The van der Waals surface area contributed by atoms with E-state index >= 15 is 0 Å². The number of ether oxygens (including phenoxy) is 1. The molecule has 2 aromatic carbocycles.